The molecule has 21 heavy (non-hydrogen) atoms. The molecule has 0 fully saturated rings. The summed E-state index contributed by atoms with van der Waals surface area (Å²) >= 11 is 0. The number of nitrogens with zero attached hydrogens (tertiary/aromatic N) is 3. The van der Waals surface area contributed by atoms with Crippen LogP contribution in [0.25, 0.3) is 0 Å². The third-order valence-electron chi connectivity index (χ3n) is 3.56. The van der Waals surface area contributed by atoms with E-state index in [0.29, 0.717) is 5.82 Å². The Balaban J connectivity index is 1.81. The summed E-state index contributed by atoms with van der Waals surface area (Å²) in [5.74, 6) is 0.405. The zero-order valence-electron chi connectivity index (χ0n) is 13.2. The first kappa shape index (κ1) is 17.6. The van der Waals surface area contributed by atoms with Gasteiger partial charge in [0, 0.05) is 6.54 Å². The van der Waals surface area contributed by atoms with Gasteiger partial charge in [-0.05, 0) is 6.42 Å². The van der Waals surface area contributed by atoms with E-state index in [9.17, 15) is 4.79 Å². The highest BCUT2D eigenvalue weighted by molar-refractivity contribution is 5.77. The fourth-order valence-electron chi connectivity index (χ4n) is 2.30. The highest BCUT2D eigenvalue weighted by Gasteiger charge is 2.05. The number of rotatable bonds is 13. The first-order chi connectivity index (χ1) is 10.3. The molecule has 1 aromatic heterocycles. The van der Waals surface area contributed by atoms with Gasteiger partial charge in [-0.3, -0.25) is 4.79 Å². The van der Waals surface area contributed by atoms with Crippen molar-refractivity contribution in [2.75, 3.05) is 6.54 Å². The largest absolute Gasteiger partial charge is 0.356 e. The summed E-state index contributed by atoms with van der Waals surface area (Å²) in [4.78, 5) is 11.5. The Labute approximate surface area is 127 Å². The summed E-state index contributed by atoms with van der Waals surface area (Å²) in [7, 11) is 0. The van der Waals surface area contributed by atoms with E-state index < -0.39 is 0 Å². The zero-order valence-corrected chi connectivity index (χ0v) is 13.2. The number of hydrogen-bond donors (Lipinski definition) is 2. The van der Waals surface area contributed by atoms with E-state index >= 15 is 0 Å². The topological polar surface area (TPSA) is 83.6 Å². The van der Waals surface area contributed by atoms with Crippen LogP contribution in [-0.4, -0.2) is 33.1 Å². The highest BCUT2D eigenvalue weighted by atomic mass is 16.1. The molecule has 0 aromatic carbocycles. The number of carbonyl (C=O) groups excluding carboxylic acids is 1. The fourth-order valence-corrected chi connectivity index (χ4v) is 2.30. The monoisotopic (exact) mass is 295 g/mol. The third-order valence-corrected chi connectivity index (χ3v) is 3.56. The number of tetrazole rings is 1. The van der Waals surface area contributed by atoms with Crippen molar-refractivity contribution in [2.45, 2.75) is 77.6 Å². The Bertz CT molecular complexity index is 353. The molecular formula is C15H29N5O. The summed E-state index contributed by atoms with van der Waals surface area (Å²) in [6.07, 6.45) is 13.2. The molecule has 6 heteroatoms. The van der Waals surface area contributed by atoms with E-state index in [0.717, 1.165) is 13.0 Å². The smallest absolute Gasteiger partial charge is 0.227 e. The first-order valence-electron chi connectivity index (χ1n) is 8.32. The summed E-state index contributed by atoms with van der Waals surface area (Å²) in [5, 5.41) is 16.1. The normalized spacial score (nSPS) is 10.7. The molecule has 0 aliphatic carbocycles. The SMILES string of the molecule is CCCCCCCCCCCCNC(=O)Cc1nn[nH]n1. The molecule has 0 saturated heterocycles. The maximum absolute atomic E-state index is 11.5. The van der Waals surface area contributed by atoms with Gasteiger partial charge in [0.25, 0.3) is 0 Å². The van der Waals surface area contributed by atoms with Gasteiger partial charge in [-0.15, -0.1) is 10.2 Å². The van der Waals surface area contributed by atoms with Crippen LogP contribution in [0.5, 0.6) is 0 Å². The van der Waals surface area contributed by atoms with Crippen molar-refractivity contribution in [1.82, 2.24) is 25.9 Å². The van der Waals surface area contributed by atoms with E-state index in [1.165, 1.54) is 57.8 Å². The van der Waals surface area contributed by atoms with Gasteiger partial charge in [-0.1, -0.05) is 69.9 Å². The Morgan fingerprint density at radius 3 is 2.19 bits per heavy atom. The van der Waals surface area contributed by atoms with Gasteiger partial charge in [-0.25, -0.2) is 0 Å². The lowest BCUT2D eigenvalue weighted by atomic mass is 10.1. The van der Waals surface area contributed by atoms with Crippen LogP contribution in [0.1, 0.15) is 77.0 Å². The van der Waals surface area contributed by atoms with Crippen molar-refractivity contribution in [2.24, 2.45) is 0 Å². The van der Waals surface area contributed by atoms with Crippen LogP contribution < -0.4 is 5.32 Å². The van der Waals surface area contributed by atoms with E-state index in [1.54, 1.807) is 0 Å². The molecule has 0 spiro atoms. The molecule has 120 valence electrons. The van der Waals surface area contributed by atoms with Crippen molar-refractivity contribution < 1.29 is 4.79 Å². The molecule has 0 radical (unpaired) electrons. The average molecular weight is 295 g/mol. The maximum atomic E-state index is 11.5. The van der Waals surface area contributed by atoms with Crippen molar-refractivity contribution >= 4 is 5.91 Å². The molecule has 2 N–H and O–H groups in total. The summed E-state index contributed by atoms with van der Waals surface area (Å²) in [6, 6.07) is 0. The Kier molecular flexibility index (Phi) is 10.3. The average Bonchev–Trinajstić information content (AvgIpc) is 2.97. The zero-order chi connectivity index (χ0) is 15.2. The Morgan fingerprint density at radius 1 is 1.00 bits per heavy atom. The summed E-state index contributed by atoms with van der Waals surface area (Å²) < 4.78 is 0. The summed E-state index contributed by atoms with van der Waals surface area (Å²) in [6.45, 7) is 2.99. The van der Waals surface area contributed by atoms with Crippen molar-refractivity contribution in [3.8, 4) is 0 Å². The van der Waals surface area contributed by atoms with Crippen molar-refractivity contribution in [1.29, 1.82) is 0 Å². The highest BCUT2D eigenvalue weighted by Crippen LogP contribution is 2.10. The molecule has 0 unspecified atom stereocenters. The number of hydrogen-bond acceptors (Lipinski definition) is 4. The van der Waals surface area contributed by atoms with Gasteiger partial charge in [-0.2, -0.15) is 5.21 Å². The number of aromatic amines is 1. The molecule has 0 aliphatic heterocycles. The second-order valence-corrected chi connectivity index (χ2v) is 5.54. The molecule has 6 nitrogen and oxygen atoms in total. The van der Waals surface area contributed by atoms with Gasteiger partial charge in [0.2, 0.25) is 5.91 Å². The molecule has 1 rings (SSSR count). The standard InChI is InChI=1S/C15H29N5O/c1-2-3-4-5-6-7-8-9-10-11-12-16-15(21)13-14-17-19-20-18-14/h2-13H2,1H3,(H,16,21)(H,17,18,19,20). The van der Waals surface area contributed by atoms with Crippen LogP contribution in [0, 0.1) is 0 Å². The number of unbranched alkanes of at least 4 members (excludes halogenated alkanes) is 9. The van der Waals surface area contributed by atoms with Gasteiger partial charge in [0.15, 0.2) is 5.82 Å². The van der Waals surface area contributed by atoms with Crippen LogP contribution in [0.2, 0.25) is 0 Å². The van der Waals surface area contributed by atoms with E-state index in [4.69, 9.17) is 0 Å². The number of H-pyrrole nitrogens is 1. The molecular weight excluding hydrogens is 266 g/mol. The second kappa shape index (κ2) is 12.3. The molecule has 0 atom stereocenters. The predicted molar refractivity (Wildman–Crippen MR) is 82.7 cm³/mol. The molecule has 0 bridgehead atoms. The van der Waals surface area contributed by atoms with E-state index in [1.807, 2.05) is 0 Å². The number of amides is 1. The maximum Gasteiger partial charge on any atom is 0.227 e. The lowest BCUT2D eigenvalue weighted by Crippen LogP contribution is -2.26. The van der Waals surface area contributed by atoms with E-state index in [-0.39, 0.29) is 12.3 Å². The van der Waals surface area contributed by atoms with Crippen molar-refractivity contribution in [3.63, 3.8) is 0 Å². The van der Waals surface area contributed by atoms with Crippen LogP contribution in [0.15, 0.2) is 0 Å². The summed E-state index contributed by atoms with van der Waals surface area (Å²) in [5.41, 5.74) is 0. The minimum absolute atomic E-state index is 0.0349. The Morgan fingerprint density at radius 2 is 1.62 bits per heavy atom. The van der Waals surface area contributed by atoms with Gasteiger partial charge >= 0.3 is 0 Å². The van der Waals surface area contributed by atoms with Crippen LogP contribution >= 0.6 is 0 Å². The number of nitrogens with one attached hydrogen (secondary N) is 2. The van der Waals surface area contributed by atoms with Crippen LogP contribution in [0.3, 0.4) is 0 Å². The lowest BCUT2D eigenvalue weighted by Gasteiger charge is -2.04. The fraction of sp³-hybridized carbons (Fsp3) is 0.867. The third kappa shape index (κ3) is 9.98. The molecule has 1 heterocycles. The predicted octanol–water partition coefficient (Wildman–Crippen LogP) is 2.78. The van der Waals surface area contributed by atoms with Gasteiger partial charge < -0.3 is 5.32 Å². The van der Waals surface area contributed by atoms with Crippen molar-refractivity contribution in [3.05, 3.63) is 5.82 Å². The molecule has 1 amide bonds. The molecule has 0 saturated carbocycles. The van der Waals surface area contributed by atoms with E-state index in [2.05, 4.69) is 32.9 Å². The first-order valence-corrected chi connectivity index (χ1v) is 8.32. The second-order valence-electron chi connectivity index (χ2n) is 5.54. The minimum Gasteiger partial charge on any atom is -0.356 e. The Hall–Kier alpha value is -1.46. The number of carbonyl (C=O) groups is 1. The van der Waals surface area contributed by atoms with Gasteiger partial charge in [0.1, 0.15) is 0 Å². The molecule has 0 aliphatic rings. The van der Waals surface area contributed by atoms with Gasteiger partial charge in [0.05, 0.1) is 6.42 Å². The quantitative estimate of drug-likeness (QED) is 0.548. The number of aromatic nitrogens is 4. The van der Waals surface area contributed by atoms with Crippen LogP contribution in [0.4, 0.5) is 0 Å². The minimum atomic E-state index is -0.0349. The van der Waals surface area contributed by atoms with Crippen LogP contribution in [-0.2, 0) is 11.2 Å². The molecule has 1 aromatic rings. The lowest BCUT2D eigenvalue weighted by molar-refractivity contribution is -0.120.